The summed E-state index contributed by atoms with van der Waals surface area (Å²) < 4.78 is 29.1. The van der Waals surface area contributed by atoms with E-state index in [4.69, 9.17) is 14.2 Å². The third-order valence-electron chi connectivity index (χ3n) is 5.21. The van der Waals surface area contributed by atoms with Crippen LogP contribution in [0.5, 0.6) is 0 Å². The number of nitrogens with zero attached hydrogens (tertiary/aromatic N) is 1. The monoisotopic (exact) mass is 522 g/mol. The second-order valence-electron chi connectivity index (χ2n) is 8.99. The third-order valence-corrected chi connectivity index (χ3v) is 7.99. The number of ether oxygens (including phenoxy) is 3. The molecule has 11 heteroatoms. The van der Waals surface area contributed by atoms with Crippen LogP contribution in [-0.4, -0.2) is 63.5 Å². The summed E-state index contributed by atoms with van der Waals surface area (Å²) in [6.07, 6.45) is 1.51. The Morgan fingerprint density at radius 2 is 1.94 bits per heavy atom. The molecule has 3 rings (SSSR count). The van der Waals surface area contributed by atoms with Crippen molar-refractivity contribution in [3.8, 4) is 0 Å². The van der Waals surface area contributed by atoms with Crippen molar-refractivity contribution in [2.45, 2.75) is 56.2 Å². The number of allylic oxidation sites excluding steroid dienone is 1. The third kappa shape index (κ3) is 5.69. The molecule has 1 aromatic rings. The molecule has 190 valence electrons. The molecule has 1 N–H and O–H groups in total. The van der Waals surface area contributed by atoms with Crippen LogP contribution >= 0.6 is 11.8 Å². The van der Waals surface area contributed by atoms with Gasteiger partial charge in [-0.05, 0) is 32.9 Å². The first-order valence-electron chi connectivity index (χ1n) is 10.9. The topological polar surface area (TPSA) is 117 Å². The summed E-state index contributed by atoms with van der Waals surface area (Å²) in [6.45, 7) is 8.02. The summed E-state index contributed by atoms with van der Waals surface area (Å²) in [5, 5.41) is 2.41. The van der Waals surface area contributed by atoms with Gasteiger partial charge in [-0.1, -0.05) is 18.2 Å². The Hall–Kier alpha value is -2.47. The summed E-state index contributed by atoms with van der Waals surface area (Å²) in [7, 11) is 1.39. The SMILES string of the molecule is CO[C@@]1(N/C=C(\C)[S+]([O-])c2ccccc2)C(=O)N2C(C(=O)OC(C)(C)C)=C(COC(C)=O)CS[C@@H]21. The minimum absolute atomic E-state index is 0.0537. The summed E-state index contributed by atoms with van der Waals surface area (Å²) in [6, 6.07) is 8.96. The van der Waals surface area contributed by atoms with Gasteiger partial charge in [0, 0.05) is 43.5 Å². The average molecular weight is 523 g/mol. The second-order valence-corrected chi connectivity index (χ2v) is 11.7. The Balaban J connectivity index is 1.88. The maximum absolute atomic E-state index is 13.4. The number of β-lactam (4-membered cyclic amide) rings is 1. The largest absolute Gasteiger partial charge is 0.607 e. The molecule has 0 bridgehead atoms. The minimum atomic E-state index is -1.47. The van der Waals surface area contributed by atoms with Gasteiger partial charge in [-0.15, -0.1) is 11.8 Å². The molecule has 1 unspecified atom stereocenters. The first-order valence-corrected chi connectivity index (χ1v) is 13.1. The fourth-order valence-corrected chi connectivity index (χ4v) is 5.95. The molecule has 2 aliphatic rings. The lowest BCUT2D eigenvalue weighted by molar-refractivity contribution is -0.190. The van der Waals surface area contributed by atoms with E-state index >= 15 is 0 Å². The number of amides is 1. The lowest BCUT2D eigenvalue weighted by Gasteiger charge is -2.56. The summed E-state index contributed by atoms with van der Waals surface area (Å²) in [5.41, 5.74) is -1.72. The molecule has 0 saturated carbocycles. The van der Waals surface area contributed by atoms with Crippen LogP contribution in [0.15, 0.2) is 57.6 Å². The molecule has 0 radical (unpaired) electrons. The van der Waals surface area contributed by atoms with Gasteiger partial charge in [0.25, 0.3) is 5.91 Å². The molecular weight excluding hydrogens is 492 g/mol. The molecule has 0 spiro atoms. The Labute approximate surface area is 212 Å². The molecule has 2 heterocycles. The number of hydrogen-bond donors (Lipinski definition) is 1. The van der Waals surface area contributed by atoms with Crippen LogP contribution in [0.1, 0.15) is 34.6 Å². The molecule has 0 aliphatic carbocycles. The molecule has 2 aliphatic heterocycles. The van der Waals surface area contributed by atoms with E-state index in [1.165, 1.54) is 36.9 Å². The van der Waals surface area contributed by atoms with E-state index in [0.717, 1.165) is 0 Å². The Bertz CT molecular complexity index is 1050. The van der Waals surface area contributed by atoms with Gasteiger partial charge in [0.1, 0.15) is 28.2 Å². The number of benzene rings is 1. The van der Waals surface area contributed by atoms with E-state index in [0.29, 0.717) is 21.1 Å². The first kappa shape index (κ1) is 27.1. The van der Waals surface area contributed by atoms with Crippen LogP contribution in [-0.2, 0) is 39.8 Å². The zero-order valence-corrected chi connectivity index (χ0v) is 22.2. The highest BCUT2D eigenvalue weighted by atomic mass is 32.2. The van der Waals surface area contributed by atoms with Crippen molar-refractivity contribution in [2.75, 3.05) is 19.5 Å². The Kier molecular flexibility index (Phi) is 8.25. The number of rotatable bonds is 8. The van der Waals surface area contributed by atoms with Crippen LogP contribution in [0.25, 0.3) is 0 Å². The smallest absolute Gasteiger partial charge is 0.355 e. The van der Waals surface area contributed by atoms with Gasteiger partial charge in [-0.3, -0.25) is 14.5 Å². The number of methoxy groups -OCH3 is 1. The lowest BCUT2D eigenvalue weighted by Crippen LogP contribution is -2.79. The van der Waals surface area contributed by atoms with Crippen LogP contribution in [0.2, 0.25) is 0 Å². The van der Waals surface area contributed by atoms with Crippen LogP contribution in [0.3, 0.4) is 0 Å². The van der Waals surface area contributed by atoms with Gasteiger partial charge in [0.2, 0.25) is 5.72 Å². The zero-order valence-electron chi connectivity index (χ0n) is 20.6. The minimum Gasteiger partial charge on any atom is -0.607 e. The molecule has 35 heavy (non-hydrogen) atoms. The van der Waals surface area contributed by atoms with Gasteiger partial charge in [0.05, 0.1) is 6.20 Å². The van der Waals surface area contributed by atoms with Crippen molar-refractivity contribution < 1.29 is 33.1 Å². The first-order chi connectivity index (χ1) is 16.4. The van der Waals surface area contributed by atoms with E-state index < -0.39 is 45.7 Å². The molecular formula is C24H30N2O7S2. The van der Waals surface area contributed by atoms with Gasteiger partial charge in [0.15, 0.2) is 4.90 Å². The van der Waals surface area contributed by atoms with Crippen LogP contribution < -0.4 is 5.32 Å². The highest BCUT2D eigenvalue weighted by molar-refractivity contribution is 8.00. The van der Waals surface area contributed by atoms with E-state index in [-0.39, 0.29) is 12.3 Å². The molecule has 3 atom stereocenters. The molecule has 1 amide bonds. The number of carbonyl (C=O) groups excluding carboxylic acids is 3. The van der Waals surface area contributed by atoms with Crippen molar-refractivity contribution in [1.29, 1.82) is 0 Å². The Morgan fingerprint density at radius 3 is 2.51 bits per heavy atom. The van der Waals surface area contributed by atoms with Crippen LogP contribution in [0, 0.1) is 0 Å². The fraction of sp³-hybridized carbons (Fsp3) is 0.458. The van der Waals surface area contributed by atoms with E-state index in [2.05, 4.69) is 5.32 Å². The second kappa shape index (κ2) is 10.7. The summed E-state index contributed by atoms with van der Waals surface area (Å²) in [5.74, 6) is -1.36. The average Bonchev–Trinajstić information content (AvgIpc) is 2.81. The predicted octanol–water partition coefficient (Wildman–Crippen LogP) is 2.66. The van der Waals surface area contributed by atoms with Crippen molar-refractivity contribution in [2.24, 2.45) is 0 Å². The molecule has 9 nitrogen and oxygen atoms in total. The zero-order chi connectivity index (χ0) is 26.0. The summed E-state index contributed by atoms with van der Waals surface area (Å²) >= 11 is -0.0639. The highest BCUT2D eigenvalue weighted by Crippen LogP contribution is 2.47. The van der Waals surface area contributed by atoms with E-state index in [1.54, 1.807) is 52.0 Å². The van der Waals surface area contributed by atoms with Crippen LogP contribution in [0.4, 0.5) is 0 Å². The maximum atomic E-state index is 13.4. The van der Waals surface area contributed by atoms with Gasteiger partial charge >= 0.3 is 11.9 Å². The van der Waals surface area contributed by atoms with Crippen molar-refractivity contribution >= 4 is 40.8 Å². The fourth-order valence-electron chi connectivity index (χ4n) is 3.58. The van der Waals surface area contributed by atoms with E-state index in [1.807, 2.05) is 6.07 Å². The number of nitrogens with one attached hydrogen (secondary N) is 1. The number of hydrogen-bond acceptors (Lipinski definition) is 9. The van der Waals surface area contributed by atoms with E-state index in [9.17, 15) is 18.9 Å². The molecule has 1 fully saturated rings. The van der Waals surface area contributed by atoms with Crippen molar-refractivity contribution in [3.05, 3.63) is 52.7 Å². The molecule has 1 saturated heterocycles. The quantitative estimate of drug-likeness (QED) is 0.238. The van der Waals surface area contributed by atoms with Gasteiger partial charge < -0.3 is 24.1 Å². The maximum Gasteiger partial charge on any atom is 0.355 e. The molecule has 1 aromatic carbocycles. The predicted molar refractivity (Wildman–Crippen MR) is 132 cm³/mol. The molecule has 0 aromatic heterocycles. The van der Waals surface area contributed by atoms with Crippen molar-refractivity contribution in [3.63, 3.8) is 0 Å². The number of esters is 2. The normalized spacial score (nSPS) is 23.3. The standard InChI is InChI=1S/C24H30N2O7S2/c1-15(35(30)18-10-8-7-9-11-18)12-25-24(31-6)21(29)26-19(20(28)33-23(3,4)5)17(13-32-16(2)27)14-34-22(24)26/h7-12,22,25H,13-14H2,1-6H3/b15-12+/t22-,24+,35?/m1/s1. The Morgan fingerprint density at radius 1 is 1.29 bits per heavy atom. The number of thioether (sulfide) groups is 1. The van der Waals surface area contributed by atoms with Gasteiger partial charge in [-0.25, -0.2) is 4.79 Å². The van der Waals surface area contributed by atoms with Gasteiger partial charge in [-0.2, -0.15) is 0 Å². The van der Waals surface area contributed by atoms with Crippen molar-refractivity contribution in [1.82, 2.24) is 10.2 Å². The number of carbonyl (C=O) groups is 3. The lowest BCUT2D eigenvalue weighted by atomic mass is 9.98. The highest BCUT2D eigenvalue weighted by Gasteiger charge is 2.66. The number of fused-ring (bicyclic) bond motifs is 1. The summed E-state index contributed by atoms with van der Waals surface area (Å²) in [4.78, 5) is 40.3.